The highest BCUT2D eigenvalue weighted by Crippen LogP contribution is 2.46. The number of primary amides is 1. The summed E-state index contributed by atoms with van der Waals surface area (Å²) >= 11 is 0. The van der Waals surface area contributed by atoms with E-state index in [-0.39, 0.29) is 29.7 Å². The van der Waals surface area contributed by atoms with Crippen LogP contribution in [0.5, 0.6) is 0 Å². The summed E-state index contributed by atoms with van der Waals surface area (Å²) in [4.78, 5) is 57.4. The van der Waals surface area contributed by atoms with E-state index in [2.05, 4.69) is 36.4 Å². The third-order valence-electron chi connectivity index (χ3n) is 7.11. The Morgan fingerprint density at radius 1 is 1.26 bits per heavy atom. The first-order valence-corrected chi connectivity index (χ1v) is 11.9. The minimum absolute atomic E-state index is 0.0713. The van der Waals surface area contributed by atoms with Crippen LogP contribution in [0.4, 0.5) is 16.3 Å². The summed E-state index contributed by atoms with van der Waals surface area (Å²) in [5.74, 6) is -0.291. The Morgan fingerprint density at radius 2 is 2.03 bits per heavy atom. The standard InChI is InChI=1S/C24H34N6O4/c1-15-9-23(2,3)14-24(10-15)21(33)30(22(34)28-24)13-19(31)27-17-6-7-18(26-11-17)29-8-4-5-16(12-29)20(25)32/h6-7,11,15-16H,4-5,8-10,12-14H2,1-3H3,(H2,25,32)(H,27,31)(H,28,34). The van der Waals surface area contributed by atoms with Crippen LogP contribution in [-0.2, 0) is 14.4 Å². The van der Waals surface area contributed by atoms with Crippen LogP contribution in [0.2, 0.25) is 0 Å². The highest BCUT2D eigenvalue weighted by molar-refractivity contribution is 6.10. The first-order valence-electron chi connectivity index (χ1n) is 11.9. The van der Waals surface area contributed by atoms with Gasteiger partial charge in [0.05, 0.1) is 17.8 Å². The number of carbonyl (C=O) groups excluding carboxylic acids is 4. The molecule has 1 aromatic rings. The van der Waals surface area contributed by atoms with Gasteiger partial charge in [0.2, 0.25) is 11.8 Å². The molecule has 10 nitrogen and oxygen atoms in total. The van der Waals surface area contributed by atoms with E-state index in [1.165, 1.54) is 6.20 Å². The minimum Gasteiger partial charge on any atom is -0.369 e. The second-order valence-electron chi connectivity index (χ2n) is 10.9. The van der Waals surface area contributed by atoms with E-state index >= 15 is 0 Å². The largest absolute Gasteiger partial charge is 0.369 e. The maximum absolute atomic E-state index is 13.2. The Bertz CT molecular complexity index is 994. The molecule has 0 bridgehead atoms. The molecule has 1 saturated carbocycles. The van der Waals surface area contributed by atoms with Crippen LogP contribution in [0.1, 0.15) is 52.9 Å². The molecule has 1 aromatic heterocycles. The fraction of sp³-hybridized carbons (Fsp3) is 0.625. The molecular weight excluding hydrogens is 436 g/mol. The Labute approximate surface area is 199 Å². The lowest BCUT2D eigenvalue weighted by atomic mass is 9.64. The SMILES string of the molecule is CC1CC(C)(C)CC2(C1)NC(=O)N(CC(=O)Nc1ccc(N3CCCC(C(N)=O)C3)nc1)C2=O. The van der Waals surface area contributed by atoms with Crippen molar-refractivity contribution in [3.8, 4) is 0 Å². The second kappa shape index (κ2) is 8.88. The molecule has 1 aliphatic carbocycles. The Kier molecular flexibility index (Phi) is 6.26. The van der Waals surface area contributed by atoms with Gasteiger partial charge in [-0.1, -0.05) is 20.8 Å². The van der Waals surface area contributed by atoms with Gasteiger partial charge in [0.1, 0.15) is 17.9 Å². The molecule has 3 unspecified atom stereocenters. The van der Waals surface area contributed by atoms with E-state index < -0.39 is 17.5 Å². The second-order valence-corrected chi connectivity index (χ2v) is 10.9. The zero-order valence-corrected chi connectivity index (χ0v) is 20.1. The third kappa shape index (κ3) is 4.85. The smallest absolute Gasteiger partial charge is 0.325 e. The Hall–Kier alpha value is -3.17. The summed E-state index contributed by atoms with van der Waals surface area (Å²) < 4.78 is 0. The van der Waals surface area contributed by atoms with Gasteiger partial charge in [-0.15, -0.1) is 0 Å². The predicted molar refractivity (Wildman–Crippen MR) is 127 cm³/mol. The van der Waals surface area contributed by atoms with Crippen LogP contribution in [0.25, 0.3) is 0 Å². The number of imide groups is 1. The van der Waals surface area contributed by atoms with E-state index in [1.807, 2.05) is 4.90 Å². The zero-order chi connectivity index (χ0) is 24.7. The number of nitrogens with two attached hydrogens (primary N) is 1. The molecule has 0 aromatic carbocycles. The van der Waals surface area contributed by atoms with Crippen molar-refractivity contribution >= 4 is 35.3 Å². The van der Waals surface area contributed by atoms with Crippen molar-refractivity contribution in [2.24, 2.45) is 23.0 Å². The molecule has 2 aliphatic heterocycles. The van der Waals surface area contributed by atoms with Gasteiger partial charge in [-0.25, -0.2) is 9.78 Å². The highest BCUT2D eigenvalue weighted by Gasteiger charge is 2.56. The van der Waals surface area contributed by atoms with Crippen LogP contribution in [0, 0.1) is 17.3 Å². The number of urea groups is 1. The van der Waals surface area contributed by atoms with Gasteiger partial charge in [0.15, 0.2) is 0 Å². The average Bonchev–Trinajstić information content (AvgIpc) is 2.96. The summed E-state index contributed by atoms with van der Waals surface area (Å²) in [6, 6.07) is 2.97. The van der Waals surface area contributed by atoms with Gasteiger partial charge in [-0.3, -0.25) is 19.3 Å². The predicted octanol–water partition coefficient (Wildman–Crippen LogP) is 1.86. The number of pyridine rings is 1. The number of piperidine rings is 1. The molecule has 10 heteroatoms. The van der Waals surface area contributed by atoms with Crippen LogP contribution >= 0.6 is 0 Å². The molecule has 5 amide bonds. The quantitative estimate of drug-likeness (QED) is 0.562. The molecule has 3 atom stereocenters. The van der Waals surface area contributed by atoms with Crippen molar-refractivity contribution in [2.75, 3.05) is 29.9 Å². The van der Waals surface area contributed by atoms with E-state index in [0.29, 0.717) is 36.8 Å². The number of carbonyl (C=O) groups is 4. The maximum atomic E-state index is 13.2. The van der Waals surface area contributed by atoms with Gasteiger partial charge in [0, 0.05) is 13.1 Å². The number of nitrogens with one attached hydrogen (secondary N) is 2. The van der Waals surface area contributed by atoms with Crippen molar-refractivity contribution in [3.05, 3.63) is 18.3 Å². The number of hydrogen-bond donors (Lipinski definition) is 3. The minimum atomic E-state index is -0.932. The first kappa shape index (κ1) is 24.0. The molecule has 4 rings (SSSR count). The van der Waals surface area contributed by atoms with Crippen molar-refractivity contribution in [1.29, 1.82) is 0 Å². The molecule has 184 valence electrons. The molecule has 1 spiro atoms. The van der Waals surface area contributed by atoms with Gasteiger partial charge in [0.25, 0.3) is 5.91 Å². The van der Waals surface area contributed by atoms with Gasteiger partial charge >= 0.3 is 6.03 Å². The Morgan fingerprint density at radius 3 is 2.68 bits per heavy atom. The lowest BCUT2D eigenvalue weighted by molar-refractivity contribution is -0.136. The molecule has 34 heavy (non-hydrogen) atoms. The van der Waals surface area contributed by atoms with Crippen molar-refractivity contribution in [1.82, 2.24) is 15.2 Å². The van der Waals surface area contributed by atoms with Gasteiger partial charge in [-0.05, 0) is 55.6 Å². The maximum Gasteiger partial charge on any atom is 0.325 e. The van der Waals surface area contributed by atoms with Gasteiger partial charge in [-0.2, -0.15) is 0 Å². The lowest BCUT2D eigenvalue weighted by Gasteiger charge is -2.43. The number of anilines is 2. The molecule has 4 N–H and O–H groups in total. The fourth-order valence-electron chi connectivity index (χ4n) is 6.06. The summed E-state index contributed by atoms with van der Waals surface area (Å²) in [6.45, 7) is 7.26. The number of nitrogens with zero attached hydrogens (tertiary/aromatic N) is 3. The normalized spacial score (nSPS) is 28.7. The van der Waals surface area contributed by atoms with Gasteiger partial charge < -0.3 is 21.3 Å². The van der Waals surface area contributed by atoms with Crippen molar-refractivity contribution in [2.45, 2.75) is 58.4 Å². The molecular formula is C24H34N6O4. The van der Waals surface area contributed by atoms with Crippen molar-refractivity contribution in [3.63, 3.8) is 0 Å². The molecule has 2 saturated heterocycles. The summed E-state index contributed by atoms with van der Waals surface area (Å²) in [5.41, 5.74) is 4.91. The Balaban J connectivity index is 1.37. The van der Waals surface area contributed by atoms with E-state index in [0.717, 1.165) is 30.7 Å². The number of aromatic nitrogens is 1. The summed E-state index contributed by atoms with van der Waals surface area (Å²) in [5, 5.41) is 5.60. The monoisotopic (exact) mass is 470 g/mol. The van der Waals surface area contributed by atoms with Crippen LogP contribution in [0.15, 0.2) is 18.3 Å². The molecule has 3 fully saturated rings. The van der Waals surface area contributed by atoms with E-state index in [1.54, 1.807) is 12.1 Å². The fourth-order valence-corrected chi connectivity index (χ4v) is 6.06. The molecule has 3 heterocycles. The zero-order valence-electron chi connectivity index (χ0n) is 20.1. The number of hydrogen-bond acceptors (Lipinski definition) is 6. The van der Waals surface area contributed by atoms with Crippen molar-refractivity contribution < 1.29 is 19.2 Å². The third-order valence-corrected chi connectivity index (χ3v) is 7.11. The molecule has 0 radical (unpaired) electrons. The first-order chi connectivity index (χ1) is 16.0. The average molecular weight is 471 g/mol. The van der Waals surface area contributed by atoms with Crippen LogP contribution in [-0.4, -0.2) is 58.8 Å². The van der Waals surface area contributed by atoms with Crippen LogP contribution < -0.4 is 21.3 Å². The summed E-state index contributed by atoms with van der Waals surface area (Å²) in [6.07, 6.45) is 5.29. The van der Waals surface area contributed by atoms with E-state index in [4.69, 9.17) is 5.73 Å². The topological polar surface area (TPSA) is 138 Å². The van der Waals surface area contributed by atoms with Crippen LogP contribution in [0.3, 0.4) is 0 Å². The lowest BCUT2D eigenvalue weighted by Crippen LogP contribution is -2.54. The number of amides is 5. The van der Waals surface area contributed by atoms with E-state index in [9.17, 15) is 19.2 Å². The summed E-state index contributed by atoms with van der Waals surface area (Å²) in [7, 11) is 0. The number of rotatable bonds is 5. The molecule has 3 aliphatic rings. The highest BCUT2D eigenvalue weighted by atomic mass is 16.2.